The zero-order valence-corrected chi connectivity index (χ0v) is 14.4. The number of imidazole rings is 1. The number of terminal acetylenes is 1. The van der Waals surface area contributed by atoms with Crippen molar-refractivity contribution in [3.05, 3.63) is 16.7 Å². The molecule has 3 rings (SSSR count). The van der Waals surface area contributed by atoms with Crippen LogP contribution in [0.4, 0.5) is 5.95 Å². The number of aliphatic hydroxyl groups excluding tert-OH is 2. The average Bonchev–Trinajstić information content (AvgIpc) is 3.06. The summed E-state index contributed by atoms with van der Waals surface area (Å²) < 4.78 is 8.32. The normalized spacial score (nSPS) is 24.5. The van der Waals surface area contributed by atoms with Crippen LogP contribution in [0.15, 0.2) is 11.0 Å². The Morgan fingerprint density at radius 1 is 1.64 bits per heavy atom. The fraction of sp³-hybridized carbons (Fsp3) is 0.533. The Morgan fingerprint density at radius 3 is 3.08 bits per heavy atom. The predicted octanol–water partition coefficient (Wildman–Crippen LogP) is -0.819. The maximum Gasteiger partial charge on any atom is 0.333 e. The average molecular weight is 365 g/mol. The van der Waals surface area contributed by atoms with Gasteiger partial charge < -0.3 is 20.7 Å². The van der Waals surface area contributed by atoms with E-state index in [9.17, 15) is 15.0 Å². The van der Waals surface area contributed by atoms with E-state index in [0.717, 1.165) is 0 Å². The Balaban J connectivity index is 2.07. The third-order valence-corrected chi connectivity index (χ3v) is 4.79. The minimum absolute atomic E-state index is 0.00874. The van der Waals surface area contributed by atoms with Crippen LogP contribution in [0, 0.1) is 12.3 Å². The van der Waals surface area contributed by atoms with Gasteiger partial charge in [-0.2, -0.15) is 16.7 Å². The van der Waals surface area contributed by atoms with E-state index >= 15 is 0 Å². The standard InChI is InChI=1S/C15H19N5O4S/c1-3-4-19-8-6-17-14(16)18-12(8)20(15(19)23)13-9(21)5-11(24-13)10(22)7-25-2/h1,6,9-11,13,21-22H,4-5,7H2,2H3,(H2,16,17,18)/t9-,10+,11+,13-/m1/s1. The van der Waals surface area contributed by atoms with Crippen LogP contribution >= 0.6 is 11.8 Å². The highest BCUT2D eigenvalue weighted by molar-refractivity contribution is 7.98. The quantitative estimate of drug-likeness (QED) is 0.586. The van der Waals surface area contributed by atoms with E-state index in [-0.39, 0.29) is 24.6 Å². The summed E-state index contributed by atoms with van der Waals surface area (Å²) in [5.41, 5.74) is 5.80. The highest BCUT2D eigenvalue weighted by Crippen LogP contribution is 2.32. The van der Waals surface area contributed by atoms with E-state index in [2.05, 4.69) is 15.9 Å². The van der Waals surface area contributed by atoms with Crippen LogP contribution < -0.4 is 11.4 Å². The van der Waals surface area contributed by atoms with Gasteiger partial charge in [-0.05, 0) is 6.26 Å². The Labute approximate surface area is 147 Å². The lowest BCUT2D eigenvalue weighted by Gasteiger charge is -2.18. The molecule has 2 aromatic rings. The number of nitrogens with two attached hydrogens (primary N) is 1. The van der Waals surface area contributed by atoms with Crippen molar-refractivity contribution in [1.29, 1.82) is 0 Å². The number of nitrogens with zero attached hydrogens (tertiary/aromatic N) is 4. The number of nitrogen functional groups attached to an aromatic ring is 1. The molecule has 134 valence electrons. The second kappa shape index (κ2) is 7.05. The monoisotopic (exact) mass is 365 g/mol. The number of hydrogen-bond donors (Lipinski definition) is 3. The summed E-state index contributed by atoms with van der Waals surface area (Å²) in [6, 6.07) is 0. The smallest absolute Gasteiger partial charge is 0.333 e. The van der Waals surface area contributed by atoms with Crippen LogP contribution in [-0.4, -0.2) is 59.6 Å². The van der Waals surface area contributed by atoms with Gasteiger partial charge in [-0.3, -0.25) is 4.57 Å². The van der Waals surface area contributed by atoms with Crippen LogP contribution in [0.1, 0.15) is 12.6 Å². The number of anilines is 1. The lowest BCUT2D eigenvalue weighted by molar-refractivity contribution is -0.0698. The fourth-order valence-corrected chi connectivity index (χ4v) is 3.54. The molecule has 25 heavy (non-hydrogen) atoms. The number of hydrogen-bond acceptors (Lipinski definition) is 8. The molecular formula is C15H19N5O4S. The van der Waals surface area contributed by atoms with Crippen LogP contribution in [0.5, 0.6) is 0 Å². The van der Waals surface area contributed by atoms with Crippen molar-refractivity contribution in [2.24, 2.45) is 0 Å². The largest absolute Gasteiger partial charge is 0.390 e. The Hall–Kier alpha value is -2.06. The van der Waals surface area contributed by atoms with Crippen LogP contribution in [0.3, 0.4) is 0 Å². The topological polar surface area (TPSA) is 128 Å². The summed E-state index contributed by atoms with van der Waals surface area (Å²) in [6.07, 6.45) is 5.54. The lowest BCUT2D eigenvalue weighted by atomic mass is 10.1. The number of aliphatic hydroxyl groups is 2. The fourth-order valence-electron chi connectivity index (χ4n) is 2.98. The molecule has 4 atom stereocenters. The van der Waals surface area contributed by atoms with E-state index in [0.29, 0.717) is 11.3 Å². The molecule has 0 saturated carbocycles. The second-order valence-corrected chi connectivity index (χ2v) is 6.68. The summed E-state index contributed by atoms with van der Waals surface area (Å²) in [6.45, 7) is 0.0248. The molecule has 1 aliphatic rings. The van der Waals surface area contributed by atoms with Gasteiger partial charge in [-0.25, -0.2) is 14.3 Å². The maximum absolute atomic E-state index is 12.8. The van der Waals surface area contributed by atoms with Gasteiger partial charge >= 0.3 is 5.69 Å². The van der Waals surface area contributed by atoms with Gasteiger partial charge in [-0.1, -0.05) is 5.92 Å². The molecule has 1 aliphatic heterocycles. The minimum Gasteiger partial charge on any atom is -0.390 e. The molecule has 0 aromatic carbocycles. The first-order chi connectivity index (χ1) is 12.0. The zero-order chi connectivity index (χ0) is 18.1. The lowest BCUT2D eigenvalue weighted by Crippen LogP contribution is -2.32. The molecule has 0 bridgehead atoms. The van der Waals surface area contributed by atoms with Crippen LogP contribution in [0.2, 0.25) is 0 Å². The molecule has 4 N–H and O–H groups in total. The molecule has 10 heteroatoms. The van der Waals surface area contributed by atoms with Crippen molar-refractivity contribution < 1.29 is 14.9 Å². The van der Waals surface area contributed by atoms with E-state index < -0.39 is 30.2 Å². The molecule has 2 aromatic heterocycles. The Kier molecular flexibility index (Phi) is 5.01. The Bertz CT molecular complexity index is 873. The number of thioether (sulfide) groups is 1. The van der Waals surface area contributed by atoms with Gasteiger partial charge in [0.2, 0.25) is 5.95 Å². The van der Waals surface area contributed by atoms with Gasteiger partial charge in [0.05, 0.1) is 24.9 Å². The van der Waals surface area contributed by atoms with E-state index in [1.54, 1.807) is 0 Å². The van der Waals surface area contributed by atoms with Gasteiger partial charge in [-0.15, -0.1) is 6.42 Å². The highest BCUT2D eigenvalue weighted by Gasteiger charge is 2.40. The molecule has 0 spiro atoms. The van der Waals surface area contributed by atoms with Crippen molar-refractivity contribution in [2.45, 2.75) is 37.5 Å². The molecule has 9 nitrogen and oxygen atoms in total. The highest BCUT2D eigenvalue weighted by atomic mass is 32.2. The Morgan fingerprint density at radius 2 is 2.40 bits per heavy atom. The number of ether oxygens (including phenoxy) is 1. The summed E-state index contributed by atoms with van der Waals surface area (Å²) >= 11 is 1.47. The summed E-state index contributed by atoms with van der Waals surface area (Å²) in [5, 5.41) is 20.5. The zero-order valence-electron chi connectivity index (χ0n) is 13.6. The van der Waals surface area contributed by atoms with Gasteiger partial charge in [0, 0.05) is 12.2 Å². The number of aromatic nitrogens is 4. The summed E-state index contributed by atoms with van der Waals surface area (Å²) in [7, 11) is 0. The van der Waals surface area contributed by atoms with Crippen molar-refractivity contribution in [3.8, 4) is 12.3 Å². The molecule has 0 aliphatic carbocycles. The van der Waals surface area contributed by atoms with Crippen LogP contribution in [0.25, 0.3) is 11.2 Å². The van der Waals surface area contributed by atoms with Crippen molar-refractivity contribution in [3.63, 3.8) is 0 Å². The number of fused-ring (bicyclic) bond motifs is 1. The third kappa shape index (κ3) is 3.11. The first kappa shape index (κ1) is 17.8. The first-order valence-electron chi connectivity index (χ1n) is 7.65. The van der Waals surface area contributed by atoms with Gasteiger partial charge in [0.25, 0.3) is 0 Å². The third-order valence-electron chi connectivity index (χ3n) is 4.11. The maximum atomic E-state index is 12.8. The molecule has 1 fully saturated rings. The van der Waals surface area contributed by atoms with Crippen molar-refractivity contribution in [2.75, 3.05) is 17.7 Å². The van der Waals surface area contributed by atoms with Crippen LogP contribution in [-0.2, 0) is 11.3 Å². The second-order valence-electron chi connectivity index (χ2n) is 5.77. The molecule has 0 amide bonds. The SMILES string of the molecule is C#CCn1c(=O)n([C@@H]2O[C@H]([C@@H](O)CSC)C[C@H]2O)c2nc(N)ncc21. The molecule has 0 unspecified atom stereocenters. The van der Waals surface area contributed by atoms with Crippen molar-refractivity contribution in [1.82, 2.24) is 19.1 Å². The van der Waals surface area contributed by atoms with E-state index in [1.165, 1.54) is 27.1 Å². The first-order valence-corrected chi connectivity index (χ1v) is 9.04. The molecule has 0 radical (unpaired) electrons. The molecule has 1 saturated heterocycles. The molecule has 3 heterocycles. The van der Waals surface area contributed by atoms with Gasteiger partial charge in [0.15, 0.2) is 11.9 Å². The van der Waals surface area contributed by atoms with E-state index in [4.69, 9.17) is 16.9 Å². The predicted molar refractivity (Wildman–Crippen MR) is 94.0 cm³/mol. The van der Waals surface area contributed by atoms with E-state index in [1.807, 2.05) is 6.26 Å². The summed E-state index contributed by atoms with van der Waals surface area (Å²) in [4.78, 5) is 20.8. The summed E-state index contributed by atoms with van der Waals surface area (Å²) in [5.74, 6) is 2.86. The molecular weight excluding hydrogens is 346 g/mol. The van der Waals surface area contributed by atoms with Crippen molar-refractivity contribution >= 4 is 28.9 Å². The minimum atomic E-state index is -0.982. The number of rotatable bonds is 5. The van der Waals surface area contributed by atoms with Gasteiger partial charge in [0.1, 0.15) is 11.6 Å².